The van der Waals surface area contributed by atoms with Crippen LogP contribution >= 0.6 is 0 Å². The minimum absolute atomic E-state index is 0.229. The van der Waals surface area contributed by atoms with Crippen molar-refractivity contribution in [2.45, 2.75) is 27.3 Å². The van der Waals surface area contributed by atoms with Crippen LogP contribution in [0.3, 0.4) is 0 Å². The van der Waals surface area contributed by atoms with Crippen molar-refractivity contribution in [1.82, 2.24) is 0 Å². The number of aryl methyl sites for hydroxylation is 3. The van der Waals surface area contributed by atoms with Gasteiger partial charge in [0, 0.05) is 11.3 Å². The standard InChI is InChI=1S/C24H26N2O3S/c1-17-5-7-20(8-6-17)16-26(30(4,28)29)23-11-9-21(10-12-23)24(27)25-22-14-18(2)13-19(3)15-22/h5-15H,16H2,1-4H3,(H,25,27). The smallest absolute Gasteiger partial charge is 0.255 e. The first kappa shape index (κ1) is 21.6. The highest BCUT2D eigenvalue weighted by atomic mass is 32.2. The normalized spacial score (nSPS) is 11.2. The maximum atomic E-state index is 12.6. The van der Waals surface area contributed by atoms with Crippen LogP contribution in [0.25, 0.3) is 0 Å². The van der Waals surface area contributed by atoms with Gasteiger partial charge in [-0.2, -0.15) is 0 Å². The van der Waals surface area contributed by atoms with E-state index < -0.39 is 10.0 Å². The zero-order chi connectivity index (χ0) is 21.9. The summed E-state index contributed by atoms with van der Waals surface area (Å²) in [7, 11) is -3.48. The summed E-state index contributed by atoms with van der Waals surface area (Å²) in [4.78, 5) is 12.6. The number of hydrogen-bond acceptors (Lipinski definition) is 3. The molecular formula is C24H26N2O3S. The van der Waals surface area contributed by atoms with Gasteiger partial charge in [-0.3, -0.25) is 9.10 Å². The molecule has 6 heteroatoms. The molecular weight excluding hydrogens is 396 g/mol. The van der Waals surface area contributed by atoms with Crippen LogP contribution < -0.4 is 9.62 Å². The number of nitrogens with zero attached hydrogens (tertiary/aromatic N) is 1. The second-order valence-corrected chi connectivity index (χ2v) is 9.54. The van der Waals surface area contributed by atoms with E-state index in [0.717, 1.165) is 27.9 Å². The van der Waals surface area contributed by atoms with Crippen molar-refractivity contribution in [3.05, 3.63) is 94.5 Å². The van der Waals surface area contributed by atoms with Gasteiger partial charge in [0.05, 0.1) is 18.5 Å². The summed E-state index contributed by atoms with van der Waals surface area (Å²) in [5.74, 6) is -0.240. The first-order valence-electron chi connectivity index (χ1n) is 9.65. The summed E-state index contributed by atoms with van der Waals surface area (Å²) in [6.45, 7) is 6.17. The van der Waals surface area contributed by atoms with Gasteiger partial charge in [-0.25, -0.2) is 8.42 Å². The quantitative estimate of drug-likeness (QED) is 0.619. The van der Waals surface area contributed by atoms with Crippen LogP contribution in [-0.4, -0.2) is 20.6 Å². The highest BCUT2D eigenvalue weighted by molar-refractivity contribution is 7.92. The van der Waals surface area contributed by atoms with Crippen LogP contribution in [0.15, 0.2) is 66.7 Å². The van der Waals surface area contributed by atoms with Gasteiger partial charge in [0.25, 0.3) is 5.91 Å². The van der Waals surface area contributed by atoms with E-state index in [-0.39, 0.29) is 12.5 Å². The molecule has 3 aromatic carbocycles. The second-order valence-electron chi connectivity index (χ2n) is 7.63. The minimum atomic E-state index is -3.48. The van der Waals surface area contributed by atoms with Crippen LogP contribution in [0, 0.1) is 20.8 Å². The van der Waals surface area contributed by atoms with Crippen molar-refractivity contribution in [3.8, 4) is 0 Å². The summed E-state index contributed by atoms with van der Waals surface area (Å²) in [6.07, 6.45) is 1.18. The molecule has 0 aliphatic heterocycles. The number of anilines is 2. The lowest BCUT2D eigenvalue weighted by Gasteiger charge is -2.23. The monoisotopic (exact) mass is 422 g/mol. The van der Waals surface area contributed by atoms with Gasteiger partial charge in [-0.15, -0.1) is 0 Å². The number of nitrogens with one attached hydrogen (secondary N) is 1. The van der Waals surface area contributed by atoms with Crippen LogP contribution in [0.2, 0.25) is 0 Å². The van der Waals surface area contributed by atoms with Crippen molar-refractivity contribution in [3.63, 3.8) is 0 Å². The van der Waals surface area contributed by atoms with E-state index in [0.29, 0.717) is 11.3 Å². The molecule has 0 spiro atoms. The Morgan fingerprint density at radius 3 is 1.93 bits per heavy atom. The molecule has 156 valence electrons. The number of carbonyl (C=O) groups is 1. The summed E-state index contributed by atoms with van der Waals surface area (Å²) in [6, 6.07) is 20.2. The van der Waals surface area contributed by atoms with Gasteiger partial charge in [0.1, 0.15) is 0 Å². The van der Waals surface area contributed by atoms with E-state index in [9.17, 15) is 13.2 Å². The lowest BCUT2D eigenvalue weighted by molar-refractivity contribution is 0.102. The Balaban J connectivity index is 1.80. The molecule has 30 heavy (non-hydrogen) atoms. The van der Waals surface area contributed by atoms with Crippen molar-refractivity contribution in [1.29, 1.82) is 0 Å². The molecule has 0 heterocycles. The lowest BCUT2D eigenvalue weighted by Crippen LogP contribution is -2.29. The number of amides is 1. The molecule has 0 aliphatic rings. The Morgan fingerprint density at radius 2 is 1.40 bits per heavy atom. The average Bonchev–Trinajstić information content (AvgIpc) is 2.66. The van der Waals surface area contributed by atoms with Gasteiger partial charge in [0.15, 0.2) is 0 Å². The Hall–Kier alpha value is -3.12. The largest absolute Gasteiger partial charge is 0.322 e. The zero-order valence-corrected chi connectivity index (χ0v) is 18.5. The molecule has 0 unspecified atom stereocenters. The molecule has 1 N–H and O–H groups in total. The molecule has 5 nitrogen and oxygen atoms in total. The maximum Gasteiger partial charge on any atom is 0.255 e. The first-order chi connectivity index (χ1) is 14.1. The van der Waals surface area contributed by atoms with Crippen LogP contribution in [0.4, 0.5) is 11.4 Å². The van der Waals surface area contributed by atoms with Gasteiger partial charge < -0.3 is 5.32 Å². The number of carbonyl (C=O) groups excluding carboxylic acids is 1. The van der Waals surface area contributed by atoms with Gasteiger partial charge >= 0.3 is 0 Å². The van der Waals surface area contributed by atoms with Crippen molar-refractivity contribution in [2.24, 2.45) is 0 Å². The molecule has 0 aromatic heterocycles. The molecule has 0 atom stereocenters. The Labute approximate surface area is 178 Å². The molecule has 1 amide bonds. The van der Waals surface area contributed by atoms with Gasteiger partial charge in [-0.1, -0.05) is 35.9 Å². The van der Waals surface area contributed by atoms with Crippen LogP contribution in [-0.2, 0) is 16.6 Å². The van der Waals surface area contributed by atoms with E-state index in [1.807, 2.05) is 63.2 Å². The Kier molecular flexibility index (Phi) is 6.27. The van der Waals surface area contributed by atoms with Crippen molar-refractivity contribution in [2.75, 3.05) is 15.9 Å². The summed E-state index contributed by atoms with van der Waals surface area (Å²) < 4.78 is 26.1. The Morgan fingerprint density at radius 1 is 0.833 bits per heavy atom. The molecule has 0 aliphatic carbocycles. The predicted molar refractivity (Wildman–Crippen MR) is 123 cm³/mol. The third-order valence-corrected chi connectivity index (χ3v) is 5.88. The number of rotatable bonds is 6. The summed E-state index contributed by atoms with van der Waals surface area (Å²) in [5.41, 5.74) is 5.86. The van der Waals surface area contributed by atoms with E-state index >= 15 is 0 Å². The minimum Gasteiger partial charge on any atom is -0.322 e. The fraction of sp³-hybridized carbons (Fsp3) is 0.208. The summed E-state index contributed by atoms with van der Waals surface area (Å²) >= 11 is 0. The van der Waals surface area contributed by atoms with Crippen molar-refractivity contribution < 1.29 is 13.2 Å². The SMILES string of the molecule is Cc1ccc(CN(c2ccc(C(=O)Nc3cc(C)cc(C)c3)cc2)S(C)(=O)=O)cc1. The van der Waals surface area contributed by atoms with E-state index in [1.165, 1.54) is 10.6 Å². The molecule has 0 fully saturated rings. The molecule has 3 aromatic rings. The fourth-order valence-corrected chi connectivity index (χ4v) is 4.18. The second kappa shape index (κ2) is 8.71. The maximum absolute atomic E-state index is 12.6. The van der Waals surface area contributed by atoms with E-state index in [1.54, 1.807) is 24.3 Å². The highest BCUT2D eigenvalue weighted by Gasteiger charge is 2.18. The third kappa shape index (κ3) is 5.48. The summed E-state index contributed by atoms with van der Waals surface area (Å²) in [5, 5.41) is 2.89. The van der Waals surface area contributed by atoms with E-state index in [4.69, 9.17) is 0 Å². The molecule has 0 radical (unpaired) electrons. The zero-order valence-electron chi connectivity index (χ0n) is 17.6. The highest BCUT2D eigenvalue weighted by Crippen LogP contribution is 2.22. The van der Waals surface area contributed by atoms with Crippen LogP contribution in [0.1, 0.15) is 32.6 Å². The third-order valence-electron chi connectivity index (χ3n) is 4.74. The lowest BCUT2D eigenvalue weighted by atomic mass is 10.1. The molecule has 0 saturated carbocycles. The average molecular weight is 423 g/mol. The van der Waals surface area contributed by atoms with Gasteiger partial charge in [-0.05, 0) is 73.9 Å². The number of benzene rings is 3. The molecule has 0 saturated heterocycles. The number of sulfonamides is 1. The Bertz CT molecular complexity index is 1130. The molecule has 0 bridgehead atoms. The fourth-order valence-electron chi connectivity index (χ4n) is 3.29. The van der Waals surface area contributed by atoms with Crippen molar-refractivity contribution >= 4 is 27.3 Å². The van der Waals surface area contributed by atoms with Gasteiger partial charge in [0.2, 0.25) is 10.0 Å². The van der Waals surface area contributed by atoms with E-state index in [2.05, 4.69) is 5.32 Å². The predicted octanol–water partition coefficient (Wildman–Crippen LogP) is 4.83. The first-order valence-corrected chi connectivity index (χ1v) is 11.5. The van der Waals surface area contributed by atoms with Crippen LogP contribution in [0.5, 0.6) is 0 Å². The topological polar surface area (TPSA) is 66.5 Å². The number of hydrogen-bond donors (Lipinski definition) is 1. The molecule has 3 rings (SSSR count).